The number of allylic oxidation sites excluding steroid dienone is 1. The summed E-state index contributed by atoms with van der Waals surface area (Å²) in [6.07, 6.45) is 6.73. The number of esters is 1. The number of carbonyl (C=O) groups is 5. The molecule has 0 bridgehead atoms. The first-order valence-electron chi connectivity index (χ1n) is 20.5. The number of rotatable bonds is 20. The molecule has 59 heavy (non-hydrogen) atoms. The van der Waals surface area contributed by atoms with Crippen LogP contribution in [-0.4, -0.2) is 121 Å². The van der Waals surface area contributed by atoms with Crippen LogP contribution in [0.2, 0.25) is 0 Å². The first-order chi connectivity index (χ1) is 28.0. The van der Waals surface area contributed by atoms with Crippen LogP contribution >= 0.6 is 11.8 Å². The second-order valence-electron chi connectivity index (χ2n) is 16.8. The zero-order valence-electron chi connectivity index (χ0n) is 35.8. The minimum Gasteiger partial charge on any atom is -0.462 e. The van der Waals surface area contributed by atoms with Gasteiger partial charge in [0.15, 0.2) is 0 Å². The number of aromatic amines is 1. The van der Waals surface area contributed by atoms with E-state index in [4.69, 9.17) is 23.7 Å². The molecule has 3 fully saturated rings. The standard InChI is InChI=1S/C43H63N5O10S/c1-24(2)14-15-35-42(7,58-35)37-36(54-8)34(16-18-43(37)23-56-43)57-41(53)48-33(25(3)4)22-55-40(52)26(5)45-39(51)32(20-28-21-44-30-13-11-10-12-29(28)30)47-38(50)31(17-19-59-9)46-27(6)49/h10-14,21,25-26,31-37,44H,15-20,22-23H2,1-9H3,(H,45,51)(H,46,49)(H,47,50)(H,48,53)/t26-,31-,32-,33-,34+,35+,36+,37+,42+,43-/m0/s1. The summed E-state index contributed by atoms with van der Waals surface area (Å²) in [6, 6.07) is 3.95. The Bertz CT molecular complexity index is 1840. The van der Waals surface area contributed by atoms with Gasteiger partial charge in [-0.1, -0.05) is 43.7 Å². The van der Waals surface area contributed by atoms with Crippen LogP contribution in [0.25, 0.3) is 10.9 Å². The third-order valence-corrected chi connectivity index (χ3v) is 12.4. The van der Waals surface area contributed by atoms with Gasteiger partial charge in [0.25, 0.3) is 0 Å². The second kappa shape index (κ2) is 20.0. The Hall–Kier alpha value is -4.12. The summed E-state index contributed by atoms with van der Waals surface area (Å²) >= 11 is 1.53. The fraction of sp³-hybridized carbons (Fsp3) is 0.651. The normalized spacial score (nSPS) is 26.5. The van der Waals surface area contributed by atoms with Crippen LogP contribution < -0.4 is 21.3 Å². The maximum absolute atomic E-state index is 13.8. The van der Waals surface area contributed by atoms with Gasteiger partial charge in [0.05, 0.1) is 24.7 Å². The van der Waals surface area contributed by atoms with Crippen molar-refractivity contribution >= 4 is 52.4 Å². The van der Waals surface area contributed by atoms with Crippen molar-refractivity contribution in [1.82, 2.24) is 26.3 Å². The molecule has 3 aliphatic rings. The number of epoxide rings is 2. The molecule has 2 saturated heterocycles. The predicted molar refractivity (Wildman–Crippen MR) is 225 cm³/mol. The summed E-state index contributed by atoms with van der Waals surface area (Å²) < 4.78 is 30.0. The van der Waals surface area contributed by atoms with Crippen LogP contribution in [0.15, 0.2) is 42.1 Å². The van der Waals surface area contributed by atoms with Gasteiger partial charge < -0.3 is 49.9 Å². The van der Waals surface area contributed by atoms with Crippen LogP contribution in [0.4, 0.5) is 4.79 Å². The molecule has 2 aromatic rings. The Kier molecular flexibility index (Phi) is 15.5. The molecule has 326 valence electrons. The minimum absolute atomic E-state index is 0.0159. The average molecular weight is 842 g/mol. The van der Waals surface area contributed by atoms with E-state index in [0.717, 1.165) is 22.9 Å². The van der Waals surface area contributed by atoms with Crippen LogP contribution in [0.5, 0.6) is 0 Å². The highest BCUT2D eigenvalue weighted by molar-refractivity contribution is 7.98. The molecule has 1 aliphatic carbocycles. The summed E-state index contributed by atoms with van der Waals surface area (Å²) in [7, 11) is 1.62. The maximum Gasteiger partial charge on any atom is 0.407 e. The number of carbonyl (C=O) groups excluding carboxylic acids is 5. The Labute approximate surface area is 351 Å². The van der Waals surface area contributed by atoms with Crippen LogP contribution in [0.3, 0.4) is 0 Å². The lowest BCUT2D eigenvalue weighted by atomic mass is 9.68. The summed E-state index contributed by atoms with van der Waals surface area (Å²) in [4.78, 5) is 69.2. The molecule has 10 atom stereocenters. The van der Waals surface area contributed by atoms with Gasteiger partial charge in [-0.25, -0.2) is 9.59 Å². The maximum atomic E-state index is 13.8. The number of thioether (sulfide) groups is 1. The summed E-state index contributed by atoms with van der Waals surface area (Å²) in [6.45, 7) is 13.2. The number of aromatic nitrogens is 1. The Morgan fingerprint density at radius 3 is 2.37 bits per heavy atom. The van der Waals surface area contributed by atoms with Gasteiger partial charge in [0.1, 0.15) is 48.1 Å². The van der Waals surface area contributed by atoms with Crippen LogP contribution in [0, 0.1) is 11.8 Å². The molecule has 15 nitrogen and oxygen atoms in total. The fourth-order valence-electron chi connectivity index (χ4n) is 8.22. The number of hydrogen-bond donors (Lipinski definition) is 5. The van der Waals surface area contributed by atoms with E-state index in [1.165, 1.54) is 31.2 Å². The van der Waals surface area contributed by atoms with E-state index in [9.17, 15) is 24.0 Å². The van der Waals surface area contributed by atoms with Gasteiger partial charge in [0, 0.05) is 37.6 Å². The summed E-state index contributed by atoms with van der Waals surface area (Å²) in [5.41, 5.74) is 2.03. The molecule has 0 unspecified atom stereocenters. The lowest BCUT2D eigenvalue weighted by Crippen LogP contribution is -2.56. The number of hydrogen-bond acceptors (Lipinski definition) is 11. The smallest absolute Gasteiger partial charge is 0.407 e. The van der Waals surface area contributed by atoms with Crippen LogP contribution in [0.1, 0.15) is 79.7 Å². The minimum atomic E-state index is -1.10. The van der Waals surface area contributed by atoms with Gasteiger partial charge >= 0.3 is 12.1 Å². The molecule has 2 aliphatic heterocycles. The van der Waals surface area contributed by atoms with Crippen molar-refractivity contribution in [1.29, 1.82) is 0 Å². The predicted octanol–water partition coefficient (Wildman–Crippen LogP) is 4.33. The number of methoxy groups -OCH3 is 1. The molecule has 1 aromatic carbocycles. The highest BCUT2D eigenvalue weighted by Crippen LogP contribution is 2.59. The van der Waals surface area contributed by atoms with Crippen molar-refractivity contribution in [2.45, 2.75) is 134 Å². The number of H-pyrrole nitrogens is 1. The fourth-order valence-corrected chi connectivity index (χ4v) is 8.69. The van der Waals surface area contributed by atoms with Crippen molar-refractivity contribution in [3.05, 3.63) is 47.7 Å². The Morgan fingerprint density at radius 2 is 1.73 bits per heavy atom. The molecule has 5 rings (SSSR count). The van der Waals surface area contributed by atoms with Gasteiger partial charge in [0.2, 0.25) is 17.7 Å². The van der Waals surface area contributed by atoms with Crippen molar-refractivity contribution in [3.63, 3.8) is 0 Å². The van der Waals surface area contributed by atoms with E-state index in [-0.39, 0.29) is 42.5 Å². The lowest BCUT2D eigenvalue weighted by Gasteiger charge is -2.42. The third-order valence-electron chi connectivity index (χ3n) is 11.8. The quantitative estimate of drug-likeness (QED) is 0.0722. The molecule has 5 N–H and O–H groups in total. The number of amides is 4. The third kappa shape index (κ3) is 11.6. The molecule has 16 heteroatoms. The molecule has 0 radical (unpaired) electrons. The zero-order chi connectivity index (χ0) is 43.1. The van der Waals surface area contributed by atoms with E-state index in [2.05, 4.69) is 53.1 Å². The number of alkyl carbamates (subject to hydrolysis) is 1. The average Bonchev–Trinajstić information content (AvgIpc) is 4.07. The van der Waals surface area contributed by atoms with Crippen molar-refractivity contribution in [2.24, 2.45) is 11.8 Å². The van der Waals surface area contributed by atoms with Gasteiger partial charge in [-0.15, -0.1) is 0 Å². The molecular formula is C43H63N5O10S. The van der Waals surface area contributed by atoms with E-state index in [0.29, 0.717) is 31.6 Å². The van der Waals surface area contributed by atoms with E-state index < -0.39 is 65.9 Å². The molecule has 1 aromatic heterocycles. The first-order valence-corrected chi connectivity index (χ1v) is 21.9. The monoisotopic (exact) mass is 841 g/mol. The number of para-hydroxylation sites is 1. The Balaban J connectivity index is 1.19. The largest absolute Gasteiger partial charge is 0.462 e. The van der Waals surface area contributed by atoms with Crippen molar-refractivity contribution in [2.75, 3.05) is 32.3 Å². The number of benzene rings is 1. The van der Waals surface area contributed by atoms with E-state index in [1.54, 1.807) is 13.3 Å². The van der Waals surface area contributed by atoms with Gasteiger partial charge in [-0.2, -0.15) is 11.8 Å². The van der Waals surface area contributed by atoms with Crippen molar-refractivity contribution in [3.8, 4) is 0 Å². The SMILES string of the molecule is CO[C@@H]1[C@H](OC(=O)N[C@@H](COC(=O)[C@H](C)NC(=O)[C@H](Cc2c[nH]c3ccccc23)NC(=O)[C@H](CCSC)NC(C)=O)C(C)C)CC[C@]2(CO2)[C@H]1[C@]1(C)O[C@@H]1CC=C(C)C. The molecular weight excluding hydrogens is 779 g/mol. The highest BCUT2D eigenvalue weighted by Gasteiger charge is 2.72. The van der Waals surface area contributed by atoms with E-state index in [1.807, 2.05) is 44.4 Å². The Morgan fingerprint density at radius 1 is 1.02 bits per heavy atom. The summed E-state index contributed by atoms with van der Waals surface area (Å²) in [5, 5.41) is 11.9. The second-order valence-corrected chi connectivity index (χ2v) is 17.8. The number of nitrogens with one attached hydrogen (secondary N) is 5. The van der Waals surface area contributed by atoms with Gasteiger partial charge in [-0.05, 0) is 82.9 Å². The molecule has 1 saturated carbocycles. The number of fused-ring (bicyclic) bond motifs is 1. The first kappa shape index (κ1) is 46.0. The molecule has 4 amide bonds. The topological polar surface area (TPSA) is 202 Å². The molecule has 3 heterocycles. The van der Waals surface area contributed by atoms with Gasteiger partial charge in [-0.3, -0.25) is 14.4 Å². The molecule has 1 spiro atoms. The zero-order valence-corrected chi connectivity index (χ0v) is 36.6. The number of ether oxygens (including phenoxy) is 5. The highest BCUT2D eigenvalue weighted by atomic mass is 32.2. The van der Waals surface area contributed by atoms with Crippen molar-refractivity contribution < 1.29 is 47.7 Å². The van der Waals surface area contributed by atoms with Crippen LogP contribution in [-0.2, 0) is 49.3 Å². The van der Waals surface area contributed by atoms with E-state index >= 15 is 0 Å². The lowest BCUT2D eigenvalue weighted by molar-refractivity contribution is -0.148. The summed E-state index contributed by atoms with van der Waals surface area (Å²) in [5.74, 6) is -1.87.